The molecule has 1 N–H and O–H groups in total. The van der Waals surface area contributed by atoms with Crippen LogP contribution in [0.4, 0.5) is 5.69 Å². The van der Waals surface area contributed by atoms with Gasteiger partial charge in [0, 0.05) is 41.2 Å². The van der Waals surface area contributed by atoms with Crippen molar-refractivity contribution < 1.29 is 18.0 Å². The smallest absolute Gasteiger partial charge is 0.243 e. The molecular formula is C28H39Cl2N3O4S. The first-order valence-corrected chi connectivity index (χ1v) is 15.5. The van der Waals surface area contributed by atoms with Gasteiger partial charge in [-0.25, -0.2) is 8.42 Å². The van der Waals surface area contributed by atoms with Gasteiger partial charge in [-0.15, -0.1) is 0 Å². The molecule has 0 saturated carbocycles. The average Bonchev–Trinajstić information content (AvgIpc) is 2.84. The summed E-state index contributed by atoms with van der Waals surface area (Å²) in [5, 5.41) is 3.79. The van der Waals surface area contributed by atoms with Crippen molar-refractivity contribution in [3.8, 4) is 0 Å². The monoisotopic (exact) mass is 583 g/mol. The molecule has 2 atom stereocenters. The molecule has 0 bridgehead atoms. The molecule has 10 heteroatoms. The van der Waals surface area contributed by atoms with Gasteiger partial charge in [0.15, 0.2) is 0 Å². The minimum Gasteiger partial charge on any atom is -0.352 e. The molecule has 0 radical (unpaired) electrons. The van der Waals surface area contributed by atoms with Gasteiger partial charge in [0.05, 0.1) is 11.9 Å². The number of nitrogens with one attached hydrogen (secondary N) is 1. The average molecular weight is 585 g/mol. The number of anilines is 1. The van der Waals surface area contributed by atoms with E-state index in [0.717, 1.165) is 23.8 Å². The molecule has 0 fully saturated rings. The Bertz CT molecular complexity index is 1220. The van der Waals surface area contributed by atoms with E-state index >= 15 is 0 Å². The Morgan fingerprint density at radius 2 is 1.63 bits per heavy atom. The molecular weight excluding hydrogens is 545 g/mol. The second-order valence-corrected chi connectivity index (χ2v) is 12.4. The van der Waals surface area contributed by atoms with Crippen LogP contribution in [-0.4, -0.2) is 50.0 Å². The molecule has 0 aliphatic heterocycles. The molecule has 38 heavy (non-hydrogen) atoms. The Hall–Kier alpha value is -2.29. The highest BCUT2D eigenvalue weighted by Gasteiger charge is 2.30. The lowest BCUT2D eigenvalue weighted by molar-refractivity contribution is -0.141. The predicted molar refractivity (Wildman–Crippen MR) is 156 cm³/mol. The fraction of sp³-hybridized carbons (Fsp3) is 0.500. The first kappa shape index (κ1) is 31.9. The van der Waals surface area contributed by atoms with Crippen molar-refractivity contribution in [3.63, 3.8) is 0 Å². The predicted octanol–water partition coefficient (Wildman–Crippen LogP) is 5.88. The van der Waals surface area contributed by atoms with Crippen LogP contribution in [0.25, 0.3) is 0 Å². The molecule has 0 aromatic heterocycles. The summed E-state index contributed by atoms with van der Waals surface area (Å²) in [5.41, 5.74) is 3.16. The van der Waals surface area contributed by atoms with E-state index in [0.29, 0.717) is 27.7 Å². The van der Waals surface area contributed by atoms with Crippen LogP contribution < -0.4 is 9.62 Å². The molecule has 210 valence electrons. The molecule has 2 rings (SSSR count). The number of carbonyl (C=O) groups is 2. The SMILES string of the molecule is CC[C@@H](C)NC(=O)[C@@H](CC)N(Cc1c(Cl)cccc1Cl)C(=O)CCCN(c1ccc(C)c(C)c1)S(C)(=O)=O. The largest absolute Gasteiger partial charge is 0.352 e. The third-order valence-corrected chi connectivity index (χ3v) is 8.61. The van der Waals surface area contributed by atoms with Crippen molar-refractivity contribution >= 4 is 50.7 Å². The number of hydrogen-bond acceptors (Lipinski definition) is 4. The fourth-order valence-corrected chi connectivity index (χ4v) is 5.57. The van der Waals surface area contributed by atoms with Crippen LogP contribution in [-0.2, 0) is 26.2 Å². The molecule has 0 spiro atoms. The van der Waals surface area contributed by atoms with Crippen molar-refractivity contribution in [1.82, 2.24) is 10.2 Å². The minimum absolute atomic E-state index is 0.0429. The van der Waals surface area contributed by atoms with Gasteiger partial charge in [-0.2, -0.15) is 0 Å². The Kier molecular flexibility index (Phi) is 11.9. The van der Waals surface area contributed by atoms with Crippen molar-refractivity contribution in [3.05, 3.63) is 63.1 Å². The lowest BCUT2D eigenvalue weighted by atomic mass is 10.1. The van der Waals surface area contributed by atoms with Gasteiger partial charge >= 0.3 is 0 Å². The summed E-state index contributed by atoms with van der Waals surface area (Å²) in [6, 6.07) is 9.82. The van der Waals surface area contributed by atoms with Gasteiger partial charge in [0.25, 0.3) is 0 Å². The van der Waals surface area contributed by atoms with E-state index in [1.807, 2.05) is 46.8 Å². The van der Waals surface area contributed by atoms with Crippen LogP contribution in [0.5, 0.6) is 0 Å². The minimum atomic E-state index is -3.57. The van der Waals surface area contributed by atoms with Crippen molar-refractivity contribution in [2.24, 2.45) is 0 Å². The van der Waals surface area contributed by atoms with E-state index < -0.39 is 16.1 Å². The van der Waals surface area contributed by atoms with E-state index in [-0.39, 0.29) is 43.8 Å². The van der Waals surface area contributed by atoms with Crippen LogP contribution in [0, 0.1) is 13.8 Å². The van der Waals surface area contributed by atoms with Crippen LogP contribution >= 0.6 is 23.2 Å². The first-order valence-electron chi connectivity index (χ1n) is 12.9. The topological polar surface area (TPSA) is 86.8 Å². The summed E-state index contributed by atoms with van der Waals surface area (Å²) in [4.78, 5) is 28.2. The summed E-state index contributed by atoms with van der Waals surface area (Å²) < 4.78 is 26.5. The summed E-state index contributed by atoms with van der Waals surface area (Å²) >= 11 is 12.8. The third-order valence-electron chi connectivity index (χ3n) is 6.71. The van der Waals surface area contributed by atoms with E-state index in [1.54, 1.807) is 24.3 Å². The van der Waals surface area contributed by atoms with Crippen molar-refractivity contribution in [2.75, 3.05) is 17.1 Å². The van der Waals surface area contributed by atoms with Crippen LogP contribution in [0.3, 0.4) is 0 Å². The standard InChI is InChI=1S/C28H39Cl2N3O4S/c1-7-21(5)31-28(35)26(8-2)32(18-23-24(29)11-9-12-25(23)30)27(34)13-10-16-33(38(6,36)37)22-15-14-19(3)20(4)17-22/h9,11-12,14-15,17,21,26H,7-8,10,13,16,18H2,1-6H3,(H,31,35)/t21-,26-/m1/s1. The van der Waals surface area contributed by atoms with Crippen LogP contribution in [0.2, 0.25) is 10.0 Å². The molecule has 0 aliphatic carbocycles. The highest BCUT2D eigenvalue weighted by atomic mass is 35.5. The van der Waals surface area contributed by atoms with Gasteiger partial charge in [0.1, 0.15) is 6.04 Å². The molecule has 2 aromatic rings. The van der Waals surface area contributed by atoms with Crippen molar-refractivity contribution in [2.45, 2.75) is 78.9 Å². The van der Waals surface area contributed by atoms with Crippen molar-refractivity contribution in [1.29, 1.82) is 0 Å². The number of sulfonamides is 1. The highest BCUT2D eigenvalue weighted by Crippen LogP contribution is 2.28. The number of carbonyl (C=O) groups excluding carboxylic acids is 2. The second kappa shape index (κ2) is 14.2. The molecule has 0 saturated heterocycles. The van der Waals surface area contributed by atoms with Gasteiger partial charge in [-0.3, -0.25) is 13.9 Å². The molecule has 2 aromatic carbocycles. The molecule has 0 aliphatic rings. The van der Waals surface area contributed by atoms with E-state index in [1.165, 1.54) is 9.21 Å². The maximum Gasteiger partial charge on any atom is 0.243 e. The number of aryl methyl sites for hydroxylation is 2. The molecule has 0 heterocycles. The van der Waals surface area contributed by atoms with E-state index in [4.69, 9.17) is 23.2 Å². The maximum atomic E-state index is 13.6. The zero-order chi connectivity index (χ0) is 28.6. The molecule has 0 unspecified atom stereocenters. The van der Waals surface area contributed by atoms with Gasteiger partial charge in [-0.1, -0.05) is 49.2 Å². The fourth-order valence-electron chi connectivity index (χ4n) is 4.10. The van der Waals surface area contributed by atoms with Gasteiger partial charge in [0.2, 0.25) is 21.8 Å². The Morgan fingerprint density at radius 3 is 2.16 bits per heavy atom. The number of amides is 2. The first-order chi connectivity index (χ1) is 17.8. The Balaban J connectivity index is 2.30. The number of hydrogen-bond donors (Lipinski definition) is 1. The summed E-state index contributed by atoms with van der Waals surface area (Å²) in [5.74, 6) is -0.521. The number of nitrogens with zero attached hydrogens (tertiary/aromatic N) is 2. The normalized spacial score (nSPS) is 13.1. The lowest BCUT2D eigenvalue weighted by Gasteiger charge is -2.32. The van der Waals surface area contributed by atoms with Crippen LogP contribution in [0.1, 0.15) is 63.1 Å². The molecule has 2 amide bonds. The molecule has 7 nitrogen and oxygen atoms in total. The van der Waals surface area contributed by atoms with E-state index in [9.17, 15) is 18.0 Å². The third kappa shape index (κ3) is 8.61. The number of halogens is 2. The highest BCUT2D eigenvalue weighted by molar-refractivity contribution is 7.92. The lowest BCUT2D eigenvalue weighted by Crippen LogP contribution is -2.50. The van der Waals surface area contributed by atoms with E-state index in [2.05, 4.69) is 5.32 Å². The second-order valence-electron chi connectivity index (χ2n) is 9.67. The number of benzene rings is 2. The Labute approximate surface area is 237 Å². The summed E-state index contributed by atoms with van der Waals surface area (Å²) in [7, 11) is -3.57. The van der Waals surface area contributed by atoms with Gasteiger partial charge in [-0.05, 0) is 75.4 Å². The summed E-state index contributed by atoms with van der Waals surface area (Å²) in [6.07, 6.45) is 2.63. The van der Waals surface area contributed by atoms with Crippen LogP contribution in [0.15, 0.2) is 36.4 Å². The summed E-state index contributed by atoms with van der Waals surface area (Å²) in [6.45, 7) is 9.82. The zero-order valence-corrected chi connectivity index (χ0v) is 25.4. The number of rotatable bonds is 13. The quantitative estimate of drug-likeness (QED) is 0.319. The zero-order valence-electron chi connectivity index (χ0n) is 23.1. The van der Waals surface area contributed by atoms with Gasteiger partial charge < -0.3 is 10.2 Å². The maximum absolute atomic E-state index is 13.6. The Morgan fingerprint density at radius 1 is 1.00 bits per heavy atom.